The lowest BCUT2D eigenvalue weighted by atomic mass is 9.93. The van der Waals surface area contributed by atoms with E-state index in [1.54, 1.807) is 0 Å². The predicted molar refractivity (Wildman–Crippen MR) is 254 cm³/mol. The first-order valence-electron chi connectivity index (χ1n) is 20.9. The monoisotopic (exact) mass is 792 g/mol. The molecule has 0 spiro atoms. The van der Waals surface area contributed by atoms with Gasteiger partial charge in [-0.3, -0.25) is 0 Å². The van der Waals surface area contributed by atoms with Crippen LogP contribution in [0.3, 0.4) is 0 Å². The quantitative estimate of drug-likeness (QED) is 0.161. The Bertz CT molecular complexity index is 3600. The number of hydrogen-bond donors (Lipinski definition) is 0. The molecule has 0 aliphatic rings. The van der Waals surface area contributed by atoms with Crippen molar-refractivity contribution in [3.8, 4) is 73.2 Å². The SMILES string of the molecule is c1ccc(-c2cc(-c3ccccc3)c3oc4c(-c5ccccc5)ccc(-c5nc(-c6ccccc6)nc(-c6ccc7c(c6)c6ccccc6n7-c6ccccc6)n5)c4c3c2)cc1. The zero-order valence-corrected chi connectivity index (χ0v) is 33.5. The summed E-state index contributed by atoms with van der Waals surface area (Å²) in [6.07, 6.45) is 0. The minimum absolute atomic E-state index is 0.569. The molecule has 0 saturated heterocycles. The Morgan fingerprint density at radius 1 is 0.306 bits per heavy atom. The number of para-hydroxylation sites is 2. The van der Waals surface area contributed by atoms with E-state index in [9.17, 15) is 0 Å². The summed E-state index contributed by atoms with van der Waals surface area (Å²) in [6, 6.07) is 76.1. The van der Waals surface area contributed by atoms with Gasteiger partial charge in [-0.1, -0.05) is 158 Å². The molecule has 0 bridgehead atoms. The highest BCUT2D eigenvalue weighted by molar-refractivity contribution is 6.19. The van der Waals surface area contributed by atoms with E-state index in [1.807, 2.05) is 30.3 Å². The molecular weight excluding hydrogens is 757 g/mol. The van der Waals surface area contributed by atoms with Crippen LogP contribution in [0.2, 0.25) is 0 Å². The van der Waals surface area contributed by atoms with E-state index in [2.05, 4.69) is 193 Å². The molecule has 9 aromatic carbocycles. The third kappa shape index (κ3) is 5.98. The summed E-state index contributed by atoms with van der Waals surface area (Å²) in [5.41, 5.74) is 14.0. The van der Waals surface area contributed by atoms with E-state index in [-0.39, 0.29) is 0 Å². The fourth-order valence-corrected chi connectivity index (χ4v) is 8.95. The zero-order chi connectivity index (χ0) is 41.0. The van der Waals surface area contributed by atoms with Gasteiger partial charge >= 0.3 is 0 Å². The lowest BCUT2D eigenvalue weighted by molar-refractivity contribution is 0.671. The third-order valence-corrected chi connectivity index (χ3v) is 11.9. The minimum Gasteiger partial charge on any atom is -0.455 e. The summed E-state index contributed by atoms with van der Waals surface area (Å²) < 4.78 is 9.49. The first kappa shape index (κ1) is 35.5. The van der Waals surface area contributed by atoms with Crippen LogP contribution in [0, 0.1) is 0 Å². The van der Waals surface area contributed by atoms with E-state index >= 15 is 0 Å². The molecule has 0 aliphatic carbocycles. The molecule has 0 amide bonds. The van der Waals surface area contributed by atoms with Gasteiger partial charge in [-0.05, 0) is 82.9 Å². The lowest BCUT2D eigenvalue weighted by Crippen LogP contribution is -2.00. The van der Waals surface area contributed by atoms with Gasteiger partial charge in [0.15, 0.2) is 17.5 Å². The molecule has 5 heteroatoms. The summed E-state index contributed by atoms with van der Waals surface area (Å²) in [5.74, 6) is 1.76. The average Bonchev–Trinajstić information content (AvgIpc) is 3.91. The molecule has 62 heavy (non-hydrogen) atoms. The maximum absolute atomic E-state index is 7.16. The van der Waals surface area contributed by atoms with Gasteiger partial charge in [0, 0.05) is 55.0 Å². The van der Waals surface area contributed by atoms with E-state index in [0.717, 1.165) is 99.5 Å². The number of fused-ring (bicyclic) bond motifs is 6. The Kier molecular flexibility index (Phi) is 8.42. The summed E-state index contributed by atoms with van der Waals surface area (Å²) in [5, 5.41) is 4.24. The fourth-order valence-electron chi connectivity index (χ4n) is 8.95. The molecule has 12 aromatic rings. The van der Waals surface area contributed by atoms with E-state index < -0.39 is 0 Å². The predicted octanol–water partition coefficient (Wildman–Crippen LogP) is 14.9. The van der Waals surface area contributed by atoms with Crippen LogP contribution in [0.4, 0.5) is 0 Å². The zero-order valence-electron chi connectivity index (χ0n) is 33.5. The van der Waals surface area contributed by atoms with Crippen molar-refractivity contribution in [2.24, 2.45) is 0 Å². The van der Waals surface area contributed by atoms with Gasteiger partial charge in [0.05, 0.1) is 11.0 Å². The molecule has 0 atom stereocenters. The van der Waals surface area contributed by atoms with Crippen LogP contribution in [0.25, 0.3) is 117 Å². The van der Waals surface area contributed by atoms with Crippen molar-refractivity contribution in [2.45, 2.75) is 0 Å². The molecule has 0 N–H and O–H groups in total. The molecule has 0 unspecified atom stereocenters. The van der Waals surface area contributed by atoms with Gasteiger partial charge < -0.3 is 8.98 Å². The Morgan fingerprint density at radius 3 is 1.52 bits per heavy atom. The van der Waals surface area contributed by atoms with Crippen molar-refractivity contribution >= 4 is 43.7 Å². The summed E-state index contributed by atoms with van der Waals surface area (Å²) in [4.78, 5) is 15.9. The maximum atomic E-state index is 7.16. The maximum Gasteiger partial charge on any atom is 0.164 e. The second kappa shape index (κ2) is 14.7. The molecule has 0 saturated carbocycles. The highest BCUT2D eigenvalue weighted by atomic mass is 16.3. The van der Waals surface area contributed by atoms with Crippen molar-refractivity contribution < 1.29 is 4.42 Å². The van der Waals surface area contributed by atoms with E-state index in [0.29, 0.717) is 17.5 Å². The van der Waals surface area contributed by atoms with Gasteiger partial charge in [0.2, 0.25) is 0 Å². The molecule has 290 valence electrons. The number of aromatic nitrogens is 4. The molecule has 5 nitrogen and oxygen atoms in total. The fraction of sp³-hybridized carbons (Fsp3) is 0. The van der Waals surface area contributed by atoms with Crippen LogP contribution < -0.4 is 0 Å². The van der Waals surface area contributed by atoms with Crippen molar-refractivity contribution in [3.05, 3.63) is 218 Å². The highest BCUT2D eigenvalue weighted by Crippen LogP contribution is 2.46. The molecule has 12 rings (SSSR count). The Labute approximate surface area is 357 Å². The van der Waals surface area contributed by atoms with Gasteiger partial charge in [-0.25, -0.2) is 15.0 Å². The van der Waals surface area contributed by atoms with Crippen molar-refractivity contribution in [2.75, 3.05) is 0 Å². The average molecular weight is 793 g/mol. The van der Waals surface area contributed by atoms with Gasteiger partial charge in [-0.15, -0.1) is 0 Å². The molecule has 3 aromatic heterocycles. The number of rotatable bonds is 7. The topological polar surface area (TPSA) is 56.7 Å². The second-order valence-electron chi connectivity index (χ2n) is 15.6. The number of nitrogens with zero attached hydrogens (tertiary/aromatic N) is 4. The largest absolute Gasteiger partial charge is 0.455 e. The van der Waals surface area contributed by atoms with Crippen LogP contribution in [-0.4, -0.2) is 19.5 Å². The molecule has 0 aliphatic heterocycles. The summed E-state index contributed by atoms with van der Waals surface area (Å²) >= 11 is 0. The van der Waals surface area contributed by atoms with Crippen LogP contribution in [0.15, 0.2) is 223 Å². The van der Waals surface area contributed by atoms with Gasteiger partial charge in [0.1, 0.15) is 11.2 Å². The van der Waals surface area contributed by atoms with Crippen LogP contribution >= 0.6 is 0 Å². The first-order chi connectivity index (χ1) is 30.7. The Morgan fingerprint density at radius 2 is 0.823 bits per heavy atom. The summed E-state index contributed by atoms with van der Waals surface area (Å²) in [7, 11) is 0. The molecule has 0 fully saturated rings. The molecule has 3 heterocycles. The van der Waals surface area contributed by atoms with E-state index in [1.165, 1.54) is 0 Å². The number of benzene rings is 9. The first-order valence-corrected chi connectivity index (χ1v) is 20.9. The molecule has 0 radical (unpaired) electrons. The summed E-state index contributed by atoms with van der Waals surface area (Å²) in [6.45, 7) is 0. The standard InChI is InChI=1S/C57H36N4O/c1-6-18-37(19-7-1)42-35-47(39-22-10-3-11-23-39)53-49(36-42)52-46(32-31-44(54(52)62-53)38-20-8-2-9-21-38)57-59-55(40-24-12-4-13-25-40)58-56(60-57)41-30-33-51-48(34-41)45-28-16-17-29-50(45)61(51)43-26-14-5-15-27-43/h1-36H. The smallest absolute Gasteiger partial charge is 0.164 e. The van der Waals surface area contributed by atoms with Crippen LogP contribution in [-0.2, 0) is 0 Å². The Balaban J connectivity index is 1.15. The Hall–Kier alpha value is -8.41. The van der Waals surface area contributed by atoms with Crippen molar-refractivity contribution in [3.63, 3.8) is 0 Å². The number of furan rings is 1. The highest BCUT2D eigenvalue weighted by Gasteiger charge is 2.24. The van der Waals surface area contributed by atoms with Crippen molar-refractivity contribution in [1.82, 2.24) is 19.5 Å². The van der Waals surface area contributed by atoms with Crippen LogP contribution in [0.1, 0.15) is 0 Å². The molecular formula is C57H36N4O. The second-order valence-corrected chi connectivity index (χ2v) is 15.6. The minimum atomic E-state index is 0.569. The normalized spacial score (nSPS) is 11.5. The van der Waals surface area contributed by atoms with Gasteiger partial charge in [0.25, 0.3) is 0 Å². The lowest BCUT2D eigenvalue weighted by Gasteiger charge is -2.12. The number of hydrogen-bond acceptors (Lipinski definition) is 4. The third-order valence-electron chi connectivity index (χ3n) is 11.9. The van der Waals surface area contributed by atoms with Crippen LogP contribution in [0.5, 0.6) is 0 Å². The van der Waals surface area contributed by atoms with Gasteiger partial charge in [-0.2, -0.15) is 0 Å². The van der Waals surface area contributed by atoms with E-state index in [4.69, 9.17) is 19.4 Å². The van der Waals surface area contributed by atoms with Crippen molar-refractivity contribution in [1.29, 1.82) is 0 Å².